The van der Waals surface area contributed by atoms with Gasteiger partial charge in [0.25, 0.3) is 5.91 Å². The lowest BCUT2D eigenvalue weighted by atomic mass is 10.1. The monoisotopic (exact) mass is 368 g/mol. The average Bonchev–Trinajstić information content (AvgIpc) is 2.69. The number of nitrogens with one attached hydrogen (secondary N) is 1. The minimum Gasteiger partial charge on any atom is -0.449 e. The molecule has 142 valence electrons. The number of amides is 1. The topological polar surface area (TPSA) is 67.9 Å². The number of carbonyl (C=O) groups excluding carboxylic acids is 2. The summed E-state index contributed by atoms with van der Waals surface area (Å²) in [6.07, 6.45) is -0.892. The fraction of sp³-hybridized carbons (Fsp3) is 0.333. The van der Waals surface area contributed by atoms with Crippen molar-refractivity contribution in [2.45, 2.75) is 20.0 Å². The highest BCUT2D eigenvalue weighted by atomic mass is 16.5. The zero-order valence-corrected chi connectivity index (χ0v) is 15.6. The average molecular weight is 368 g/mol. The second-order valence-electron chi connectivity index (χ2n) is 6.55. The number of anilines is 2. The minimum absolute atomic E-state index is 0.366. The quantitative estimate of drug-likeness (QED) is 0.822. The van der Waals surface area contributed by atoms with Crippen molar-refractivity contribution in [3.05, 3.63) is 59.7 Å². The molecular weight excluding hydrogens is 344 g/mol. The maximum atomic E-state index is 12.3. The molecule has 1 fully saturated rings. The Morgan fingerprint density at radius 2 is 1.81 bits per heavy atom. The van der Waals surface area contributed by atoms with Crippen LogP contribution in [0.1, 0.15) is 22.8 Å². The molecule has 3 rings (SSSR count). The van der Waals surface area contributed by atoms with E-state index in [-0.39, 0.29) is 5.91 Å². The van der Waals surface area contributed by atoms with Crippen LogP contribution < -0.4 is 10.2 Å². The first-order valence-electron chi connectivity index (χ1n) is 9.04. The Morgan fingerprint density at radius 3 is 2.48 bits per heavy atom. The van der Waals surface area contributed by atoms with E-state index in [9.17, 15) is 9.59 Å². The molecule has 1 amide bonds. The van der Waals surface area contributed by atoms with Crippen LogP contribution in [0.15, 0.2) is 48.5 Å². The summed E-state index contributed by atoms with van der Waals surface area (Å²) in [6.45, 7) is 6.62. The number of morpholine rings is 1. The van der Waals surface area contributed by atoms with Gasteiger partial charge in [-0.3, -0.25) is 4.79 Å². The van der Waals surface area contributed by atoms with E-state index in [1.165, 1.54) is 0 Å². The summed E-state index contributed by atoms with van der Waals surface area (Å²) in [5.41, 5.74) is 3.15. The van der Waals surface area contributed by atoms with E-state index in [4.69, 9.17) is 9.47 Å². The van der Waals surface area contributed by atoms with Crippen molar-refractivity contribution in [1.29, 1.82) is 0 Å². The summed E-state index contributed by atoms with van der Waals surface area (Å²) in [7, 11) is 0. The Kier molecular flexibility index (Phi) is 6.08. The first-order valence-corrected chi connectivity index (χ1v) is 9.04. The zero-order valence-electron chi connectivity index (χ0n) is 15.6. The van der Waals surface area contributed by atoms with Gasteiger partial charge in [0.2, 0.25) is 0 Å². The molecular formula is C21H24N2O4. The van der Waals surface area contributed by atoms with E-state index >= 15 is 0 Å². The number of nitrogens with zero attached hydrogens (tertiary/aromatic N) is 1. The molecule has 2 aromatic rings. The van der Waals surface area contributed by atoms with Gasteiger partial charge in [-0.1, -0.05) is 17.7 Å². The van der Waals surface area contributed by atoms with Crippen molar-refractivity contribution in [3.8, 4) is 0 Å². The molecule has 1 aliphatic heterocycles. The van der Waals surface area contributed by atoms with Gasteiger partial charge in [-0.25, -0.2) is 4.79 Å². The Hall–Kier alpha value is -2.86. The van der Waals surface area contributed by atoms with Gasteiger partial charge < -0.3 is 19.7 Å². The first kappa shape index (κ1) is 18.9. The van der Waals surface area contributed by atoms with Gasteiger partial charge >= 0.3 is 5.97 Å². The highest BCUT2D eigenvalue weighted by Crippen LogP contribution is 2.19. The smallest absolute Gasteiger partial charge is 0.338 e. The summed E-state index contributed by atoms with van der Waals surface area (Å²) < 4.78 is 10.6. The number of esters is 1. The summed E-state index contributed by atoms with van der Waals surface area (Å²) >= 11 is 0. The van der Waals surface area contributed by atoms with Crippen LogP contribution in [0.2, 0.25) is 0 Å². The lowest BCUT2D eigenvalue weighted by molar-refractivity contribution is -0.123. The SMILES string of the molecule is Cc1cccc(C(=O)O[C@@H](C)C(=O)Nc2ccc(N3CCOCC3)cc2)c1. The third-order valence-electron chi connectivity index (χ3n) is 4.42. The molecule has 1 aliphatic rings. The molecule has 2 aromatic carbocycles. The third-order valence-corrected chi connectivity index (χ3v) is 4.42. The number of aryl methyl sites for hydroxylation is 1. The van der Waals surface area contributed by atoms with Crippen molar-refractivity contribution in [1.82, 2.24) is 0 Å². The summed E-state index contributed by atoms with van der Waals surface area (Å²) in [5.74, 6) is -0.876. The highest BCUT2D eigenvalue weighted by Gasteiger charge is 2.19. The largest absolute Gasteiger partial charge is 0.449 e. The van der Waals surface area contributed by atoms with Crippen molar-refractivity contribution in [2.75, 3.05) is 36.5 Å². The minimum atomic E-state index is -0.892. The number of hydrogen-bond acceptors (Lipinski definition) is 5. The Bertz CT molecular complexity index is 798. The van der Waals surface area contributed by atoms with Crippen LogP contribution in [0, 0.1) is 6.92 Å². The molecule has 0 unspecified atom stereocenters. The van der Waals surface area contributed by atoms with Crippen LogP contribution in [-0.4, -0.2) is 44.3 Å². The second kappa shape index (κ2) is 8.68. The van der Waals surface area contributed by atoms with E-state index in [0.717, 1.165) is 37.6 Å². The van der Waals surface area contributed by atoms with Gasteiger partial charge in [0.15, 0.2) is 6.10 Å². The molecule has 0 saturated carbocycles. The maximum absolute atomic E-state index is 12.3. The predicted molar refractivity (Wildman–Crippen MR) is 104 cm³/mol. The molecule has 27 heavy (non-hydrogen) atoms. The molecule has 0 spiro atoms. The molecule has 0 bridgehead atoms. The van der Waals surface area contributed by atoms with E-state index in [2.05, 4.69) is 10.2 Å². The van der Waals surface area contributed by atoms with E-state index < -0.39 is 12.1 Å². The number of ether oxygens (including phenoxy) is 2. The fourth-order valence-electron chi connectivity index (χ4n) is 2.88. The van der Waals surface area contributed by atoms with Crippen LogP contribution in [0.25, 0.3) is 0 Å². The van der Waals surface area contributed by atoms with E-state index in [1.807, 2.05) is 37.3 Å². The molecule has 6 nitrogen and oxygen atoms in total. The van der Waals surface area contributed by atoms with E-state index in [0.29, 0.717) is 11.3 Å². The molecule has 1 N–H and O–H groups in total. The normalized spacial score (nSPS) is 15.1. The van der Waals surface area contributed by atoms with Gasteiger partial charge in [-0.05, 0) is 50.2 Å². The van der Waals surface area contributed by atoms with Crippen molar-refractivity contribution in [2.24, 2.45) is 0 Å². The highest BCUT2D eigenvalue weighted by molar-refractivity contribution is 5.97. The van der Waals surface area contributed by atoms with Crippen LogP contribution >= 0.6 is 0 Å². The van der Waals surface area contributed by atoms with Gasteiger partial charge in [0.1, 0.15) is 0 Å². The molecule has 1 saturated heterocycles. The maximum Gasteiger partial charge on any atom is 0.338 e. The molecule has 0 radical (unpaired) electrons. The number of hydrogen-bond donors (Lipinski definition) is 1. The van der Waals surface area contributed by atoms with Crippen LogP contribution in [0.5, 0.6) is 0 Å². The Balaban J connectivity index is 1.55. The van der Waals surface area contributed by atoms with Gasteiger partial charge in [0, 0.05) is 24.5 Å². The second-order valence-corrected chi connectivity index (χ2v) is 6.55. The molecule has 6 heteroatoms. The number of rotatable bonds is 5. The summed E-state index contributed by atoms with van der Waals surface area (Å²) in [5, 5.41) is 2.78. The standard InChI is InChI=1S/C21H24N2O4/c1-15-4-3-5-17(14-15)21(25)27-16(2)20(24)22-18-6-8-19(9-7-18)23-10-12-26-13-11-23/h3-9,14,16H,10-13H2,1-2H3,(H,22,24)/t16-/m0/s1. The van der Waals surface area contributed by atoms with E-state index in [1.54, 1.807) is 25.1 Å². The number of benzene rings is 2. The third kappa shape index (κ3) is 5.08. The number of carbonyl (C=O) groups is 2. The molecule has 0 aromatic heterocycles. The van der Waals surface area contributed by atoms with Crippen LogP contribution in [0.3, 0.4) is 0 Å². The fourth-order valence-corrected chi connectivity index (χ4v) is 2.88. The lowest BCUT2D eigenvalue weighted by Crippen LogP contribution is -2.36. The summed E-state index contributed by atoms with van der Waals surface area (Å²) in [6, 6.07) is 14.7. The van der Waals surface area contributed by atoms with Crippen LogP contribution in [-0.2, 0) is 14.3 Å². The van der Waals surface area contributed by atoms with Crippen LogP contribution in [0.4, 0.5) is 11.4 Å². The van der Waals surface area contributed by atoms with Crippen molar-refractivity contribution < 1.29 is 19.1 Å². The van der Waals surface area contributed by atoms with Gasteiger partial charge in [-0.2, -0.15) is 0 Å². The molecule has 1 heterocycles. The molecule has 0 aliphatic carbocycles. The predicted octanol–water partition coefficient (Wildman–Crippen LogP) is 3.02. The molecule has 1 atom stereocenters. The first-order chi connectivity index (χ1) is 13.0. The lowest BCUT2D eigenvalue weighted by Gasteiger charge is -2.28. The zero-order chi connectivity index (χ0) is 19.2. The Morgan fingerprint density at radius 1 is 1.11 bits per heavy atom. The Labute approximate surface area is 159 Å². The van der Waals surface area contributed by atoms with Gasteiger partial charge in [0.05, 0.1) is 18.8 Å². The van der Waals surface area contributed by atoms with Crippen molar-refractivity contribution >= 4 is 23.3 Å². The summed E-state index contributed by atoms with van der Waals surface area (Å²) in [4.78, 5) is 26.7. The van der Waals surface area contributed by atoms with Crippen molar-refractivity contribution in [3.63, 3.8) is 0 Å². The van der Waals surface area contributed by atoms with Gasteiger partial charge in [-0.15, -0.1) is 0 Å².